The molecule has 1 unspecified atom stereocenters. The molecule has 7 nitrogen and oxygen atoms in total. The second-order valence-electron chi connectivity index (χ2n) is 6.46. The van der Waals surface area contributed by atoms with Crippen LogP contribution in [0, 0.1) is 11.6 Å². The zero-order valence-electron chi connectivity index (χ0n) is 14.7. The lowest BCUT2D eigenvalue weighted by Gasteiger charge is -2.22. The summed E-state index contributed by atoms with van der Waals surface area (Å²) in [5.41, 5.74) is 0.362. The molecule has 146 valence electrons. The minimum atomic E-state index is -0.753. The van der Waals surface area contributed by atoms with Crippen molar-refractivity contribution in [3.8, 4) is 11.5 Å². The van der Waals surface area contributed by atoms with Gasteiger partial charge in [0.2, 0.25) is 5.91 Å². The summed E-state index contributed by atoms with van der Waals surface area (Å²) < 4.78 is 37.8. The molecule has 28 heavy (non-hydrogen) atoms. The molecular weight excluding hydrogens is 372 g/mol. The quantitative estimate of drug-likeness (QED) is 0.846. The Labute approximate surface area is 159 Å². The first kappa shape index (κ1) is 18.0. The van der Waals surface area contributed by atoms with Crippen molar-refractivity contribution in [2.75, 3.05) is 30.0 Å². The summed E-state index contributed by atoms with van der Waals surface area (Å²) in [5.74, 6) is -0.409. The van der Waals surface area contributed by atoms with Crippen LogP contribution >= 0.6 is 0 Å². The van der Waals surface area contributed by atoms with Crippen LogP contribution in [0.1, 0.15) is 6.42 Å². The number of fused-ring (bicyclic) bond motifs is 1. The molecule has 9 heteroatoms. The molecule has 2 aromatic carbocycles. The van der Waals surface area contributed by atoms with Crippen LogP contribution < -0.4 is 25.0 Å². The van der Waals surface area contributed by atoms with Gasteiger partial charge in [-0.25, -0.2) is 13.6 Å². The number of anilines is 2. The number of hydrogen-bond acceptors (Lipinski definition) is 4. The van der Waals surface area contributed by atoms with Gasteiger partial charge in [0, 0.05) is 30.8 Å². The number of carbonyl (C=O) groups is 2. The molecule has 0 aromatic heterocycles. The molecular formula is C19H17F2N3O4. The molecule has 2 N–H and O–H groups in total. The van der Waals surface area contributed by atoms with E-state index in [-0.39, 0.29) is 24.6 Å². The van der Waals surface area contributed by atoms with E-state index in [1.54, 1.807) is 18.2 Å². The molecule has 0 spiro atoms. The summed E-state index contributed by atoms with van der Waals surface area (Å²) >= 11 is 0. The highest BCUT2D eigenvalue weighted by molar-refractivity contribution is 5.98. The van der Waals surface area contributed by atoms with Crippen molar-refractivity contribution in [1.29, 1.82) is 0 Å². The van der Waals surface area contributed by atoms with Crippen LogP contribution in [0.25, 0.3) is 0 Å². The number of amides is 3. The minimum absolute atomic E-state index is 0.0908. The number of nitrogens with zero attached hydrogens (tertiary/aromatic N) is 1. The van der Waals surface area contributed by atoms with Gasteiger partial charge >= 0.3 is 6.03 Å². The summed E-state index contributed by atoms with van der Waals surface area (Å²) in [6, 6.07) is 6.77. The van der Waals surface area contributed by atoms with Crippen LogP contribution in [-0.4, -0.2) is 37.7 Å². The van der Waals surface area contributed by atoms with Gasteiger partial charge in [-0.1, -0.05) is 0 Å². The molecule has 1 saturated heterocycles. The third-order valence-electron chi connectivity index (χ3n) is 4.47. The average Bonchev–Trinajstić information content (AvgIpc) is 3.04. The Morgan fingerprint density at radius 3 is 2.68 bits per heavy atom. The molecule has 2 aromatic rings. The fraction of sp³-hybridized carbons (Fsp3) is 0.263. The minimum Gasteiger partial charge on any atom is -0.486 e. The number of nitrogens with one attached hydrogen (secondary N) is 2. The summed E-state index contributed by atoms with van der Waals surface area (Å²) in [4.78, 5) is 26.0. The van der Waals surface area contributed by atoms with Crippen molar-refractivity contribution in [1.82, 2.24) is 5.32 Å². The van der Waals surface area contributed by atoms with Crippen LogP contribution in [0.15, 0.2) is 36.4 Å². The fourth-order valence-corrected chi connectivity index (χ4v) is 3.19. The Hall–Kier alpha value is -3.36. The fourth-order valence-electron chi connectivity index (χ4n) is 3.19. The largest absolute Gasteiger partial charge is 0.486 e. The lowest BCUT2D eigenvalue weighted by Crippen LogP contribution is -2.39. The van der Waals surface area contributed by atoms with Gasteiger partial charge in [-0.2, -0.15) is 0 Å². The highest BCUT2D eigenvalue weighted by atomic mass is 19.1. The van der Waals surface area contributed by atoms with Gasteiger partial charge in [-0.05, 0) is 24.3 Å². The molecule has 0 radical (unpaired) electrons. The predicted octanol–water partition coefficient (Wildman–Crippen LogP) is 2.66. The summed E-state index contributed by atoms with van der Waals surface area (Å²) in [6.45, 7) is 1.16. The van der Waals surface area contributed by atoms with E-state index in [2.05, 4.69) is 10.6 Å². The highest BCUT2D eigenvalue weighted by Crippen LogP contribution is 2.35. The maximum Gasteiger partial charge on any atom is 0.319 e. The number of ether oxygens (including phenoxy) is 2. The van der Waals surface area contributed by atoms with E-state index in [9.17, 15) is 18.4 Å². The molecule has 2 aliphatic rings. The molecule has 0 bridgehead atoms. The van der Waals surface area contributed by atoms with E-state index in [4.69, 9.17) is 9.47 Å². The molecule has 1 atom stereocenters. The van der Waals surface area contributed by atoms with Gasteiger partial charge in [-0.3, -0.25) is 4.79 Å². The zero-order chi connectivity index (χ0) is 19.7. The third-order valence-corrected chi connectivity index (χ3v) is 4.47. The lowest BCUT2D eigenvalue weighted by atomic mass is 10.2. The van der Waals surface area contributed by atoms with Gasteiger partial charge in [0.05, 0.1) is 11.7 Å². The molecule has 4 rings (SSSR count). The Balaban J connectivity index is 1.40. The number of rotatable bonds is 3. The SMILES string of the molecule is O=C(Nc1cc(F)ccc1F)NC1CC(=O)N(c2ccc3c(c2)OCCO3)C1. The number of benzene rings is 2. The Morgan fingerprint density at radius 2 is 1.86 bits per heavy atom. The van der Waals surface area contributed by atoms with E-state index >= 15 is 0 Å². The topological polar surface area (TPSA) is 79.9 Å². The second-order valence-corrected chi connectivity index (χ2v) is 6.46. The summed E-state index contributed by atoms with van der Waals surface area (Å²) in [6.07, 6.45) is 0.0908. The molecule has 0 saturated carbocycles. The van der Waals surface area contributed by atoms with E-state index < -0.39 is 23.7 Å². The predicted molar refractivity (Wildman–Crippen MR) is 96.7 cm³/mol. The monoisotopic (exact) mass is 389 g/mol. The van der Waals surface area contributed by atoms with E-state index in [0.717, 1.165) is 18.2 Å². The van der Waals surface area contributed by atoms with E-state index in [1.165, 1.54) is 4.90 Å². The van der Waals surface area contributed by atoms with Crippen LogP contribution in [0.5, 0.6) is 11.5 Å². The first-order valence-electron chi connectivity index (χ1n) is 8.72. The van der Waals surface area contributed by atoms with E-state index in [0.29, 0.717) is 30.4 Å². The Kier molecular flexibility index (Phi) is 4.72. The van der Waals surface area contributed by atoms with Gasteiger partial charge < -0.3 is 25.0 Å². The van der Waals surface area contributed by atoms with E-state index in [1.807, 2.05) is 0 Å². The molecule has 3 amide bonds. The number of carbonyl (C=O) groups excluding carboxylic acids is 2. The lowest BCUT2D eigenvalue weighted by molar-refractivity contribution is -0.117. The van der Waals surface area contributed by atoms with Crippen molar-refractivity contribution in [2.45, 2.75) is 12.5 Å². The summed E-state index contributed by atoms with van der Waals surface area (Å²) in [5, 5.41) is 4.87. The second kappa shape index (κ2) is 7.34. The summed E-state index contributed by atoms with van der Waals surface area (Å²) in [7, 11) is 0. The van der Waals surface area contributed by atoms with Crippen LogP contribution in [0.2, 0.25) is 0 Å². The Morgan fingerprint density at radius 1 is 1.07 bits per heavy atom. The normalized spacial score (nSPS) is 18.1. The molecule has 2 aliphatic heterocycles. The van der Waals surface area contributed by atoms with Gasteiger partial charge in [0.15, 0.2) is 11.5 Å². The van der Waals surface area contributed by atoms with Gasteiger partial charge in [-0.15, -0.1) is 0 Å². The van der Waals surface area contributed by atoms with Crippen molar-refractivity contribution in [2.24, 2.45) is 0 Å². The third kappa shape index (κ3) is 3.68. The van der Waals surface area contributed by atoms with Crippen molar-refractivity contribution in [3.63, 3.8) is 0 Å². The standard InChI is InChI=1S/C19H17F2N3O4/c20-11-1-3-14(21)15(7-11)23-19(26)22-12-8-18(25)24(10-12)13-2-4-16-17(9-13)28-6-5-27-16/h1-4,7,9,12H,5-6,8,10H2,(H2,22,23,26). The first-order valence-corrected chi connectivity index (χ1v) is 8.72. The maximum absolute atomic E-state index is 13.6. The van der Waals surface area contributed by atoms with Crippen LogP contribution in [-0.2, 0) is 4.79 Å². The van der Waals surface area contributed by atoms with Gasteiger partial charge in [0.25, 0.3) is 0 Å². The smallest absolute Gasteiger partial charge is 0.319 e. The Bertz CT molecular complexity index is 937. The van der Waals surface area contributed by atoms with Crippen LogP contribution in [0.3, 0.4) is 0 Å². The van der Waals surface area contributed by atoms with Crippen molar-refractivity contribution in [3.05, 3.63) is 48.0 Å². The highest BCUT2D eigenvalue weighted by Gasteiger charge is 2.32. The number of urea groups is 1. The van der Waals surface area contributed by atoms with Crippen LogP contribution in [0.4, 0.5) is 25.0 Å². The van der Waals surface area contributed by atoms with Crippen molar-refractivity contribution >= 4 is 23.3 Å². The molecule has 2 heterocycles. The number of halogens is 2. The number of hydrogen-bond donors (Lipinski definition) is 2. The first-order chi connectivity index (χ1) is 13.5. The van der Waals surface area contributed by atoms with Gasteiger partial charge in [0.1, 0.15) is 24.8 Å². The maximum atomic E-state index is 13.6. The zero-order valence-corrected chi connectivity index (χ0v) is 14.7. The average molecular weight is 389 g/mol. The molecule has 1 fully saturated rings. The molecule has 0 aliphatic carbocycles. The van der Waals surface area contributed by atoms with Crippen molar-refractivity contribution < 1.29 is 27.8 Å².